The normalized spacial score (nSPS) is 20.1. The molecule has 1 aliphatic rings. The molecule has 0 aromatic heterocycles. The second-order valence-corrected chi connectivity index (χ2v) is 9.72. The summed E-state index contributed by atoms with van der Waals surface area (Å²) in [6.07, 6.45) is 6.81. The number of halogens is 3. The van der Waals surface area contributed by atoms with Crippen molar-refractivity contribution in [3.05, 3.63) is 70.5 Å². The molecular weight excluding hydrogens is 421 g/mol. The summed E-state index contributed by atoms with van der Waals surface area (Å²) in [6, 6.07) is 11.7. The van der Waals surface area contributed by atoms with Crippen LogP contribution in [-0.4, -0.2) is 0 Å². The first kappa shape index (κ1) is 25.8. The lowest BCUT2D eigenvalue weighted by Crippen LogP contribution is -2.22. The van der Waals surface area contributed by atoms with Crippen molar-refractivity contribution in [2.24, 2.45) is 5.92 Å². The van der Waals surface area contributed by atoms with Crippen molar-refractivity contribution in [2.45, 2.75) is 103 Å². The highest BCUT2D eigenvalue weighted by Crippen LogP contribution is 2.41. The molecule has 0 saturated heterocycles. The minimum absolute atomic E-state index is 0.256. The van der Waals surface area contributed by atoms with E-state index in [2.05, 4.69) is 13.8 Å². The number of benzene rings is 2. The van der Waals surface area contributed by atoms with Gasteiger partial charge in [-0.3, -0.25) is 0 Å². The summed E-state index contributed by atoms with van der Waals surface area (Å²) in [5.41, 5.74) is 1.96. The SMILES string of the molecule is CCCCCC1CCC(c2ccc(C(F)(F)OC(C)c3ccc(CCC)cc3)c(F)c2)CC1. The van der Waals surface area contributed by atoms with Gasteiger partial charge in [-0.25, -0.2) is 4.39 Å². The van der Waals surface area contributed by atoms with E-state index >= 15 is 0 Å². The largest absolute Gasteiger partial charge is 0.386 e. The summed E-state index contributed by atoms with van der Waals surface area (Å²) >= 11 is 0. The van der Waals surface area contributed by atoms with Crippen molar-refractivity contribution in [3.63, 3.8) is 0 Å². The number of hydrogen-bond donors (Lipinski definition) is 0. The molecule has 1 fully saturated rings. The fourth-order valence-corrected chi connectivity index (χ4v) is 5.09. The van der Waals surface area contributed by atoms with Gasteiger partial charge in [-0.05, 0) is 79.7 Å². The quantitative estimate of drug-likeness (QED) is 0.303. The molecule has 1 aliphatic carbocycles. The fourth-order valence-electron chi connectivity index (χ4n) is 5.09. The van der Waals surface area contributed by atoms with Crippen LogP contribution in [0.5, 0.6) is 0 Å². The molecule has 0 radical (unpaired) electrons. The number of unbranched alkanes of at least 4 members (excludes halogenated alkanes) is 2. The molecule has 2 aromatic carbocycles. The van der Waals surface area contributed by atoms with E-state index < -0.39 is 23.6 Å². The third-order valence-electron chi connectivity index (χ3n) is 7.15. The molecule has 1 saturated carbocycles. The summed E-state index contributed by atoms with van der Waals surface area (Å²) in [5.74, 6) is 0.131. The Labute approximate surface area is 197 Å². The van der Waals surface area contributed by atoms with Crippen molar-refractivity contribution < 1.29 is 17.9 Å². The van der Waals surface area contributed by atoms with Crippen molar-refractivity contribution in [1.82, 2.24) is 0 Å². The van der Waals surface area contributed by atoms with Gasteiger partial charge in [0.1, 0.15) is 5.82 Å². The first-order chi connectivity index (χ1) is 15.8. The Morgan fingerprint density at radius 3 is 2.24 bits per heavy atom. The highest BCUT2D eigenvalue weighted by Gasteiger charge is 2.38. The van der Waals surface area contributed by atoms with Crippen LogP contribution in [0.4, 0.5) is 13.2 Å². The number of alkyl halides is 2. The Hall–Kier alpha value is -1.81. The summed E-state index contributed by atoms with van der Waals surface area (Å²) in [5, 5.41) is 0. The van der Waals surface area contributed by atoms with Crippen LogP contribution in [0.1, 0.15) is 113 Å². The lowest BCUT2D eigenvalue weighted by molar-refractivity contribution is -0.273. The molecule has 0 aliphatic heterocycles. The van der Waals surface area contributed by atoms with Gasteiger partial charge in [-0.2, -0.15) is 8.78 Å². The first-order valence-corrected chi connectivity index (χ1v) is 12.8. The van der Waals surface area contributed by atoms with Crippen molar-refractivity contribution in [2.75, 3.05) is 0 Å². The number of aryl methyl sites for hydroxylation is 1. The summed E-state index contributed by atoms with van der Waals surface area (Å²) in [7, 11) is 0. The second kappa shape index (κ2) is 12.1. The minimum atomic E-state index is -3.69. The Morgan fingerprint density at radius 2 is 1.64 bits per heavy atom. The van der Waals surface area contributed by atoms with Crippen molar-refractivity contribution in [1.29, 1.82) is 0 Å². The minimum Gasteiger partial charge on any atom is -0.309 e. The molecule has 0 amide bonds. The molecule has 33 heavy (non-hydrogen) atoms. The smallest absolute Gasteiger partial charge is 0.309 e. The van der Waals surface area contributed by atoms with E-state index in [0.29, 0.717) is 5.56 Å². The van der Waals surface area contributed by atoms with E-state index in [1.807, 2.05) is 24.3 Å². The monoisotopic (exact) mass is 460 g/mol. The predicted octanol–water partition coefficient (Wildman–Crippen LogP) is 9.46. The van der Waals surface area contributed by atoms with Gasteiger partial charge in [-0.1, -0.05) is 76.3 Å². The third-order valence-corrected chi connectivity index (χ3v) is 7.15. The molecule has 0 bridgehead atoms. The van der Waals surface area contributed by atoms with Gasteiger partial charge in [0.05, 0.1) is 11.7 Å². The molecule has 0 spiro atoms. The first-order valence-electron chi connectivity index (χ1n) is 12.8. The summed E-state index contributed by atoms with van der Waals surface area (Å²) < 4.78 is 49.6. The lowest BCUT2D eigenvalue weighted by atomic mass is 9.77. The molecule has 1 unspecified atom stereocenters. The number of hydrogen-bond acceptors (Lipinski definition) is 1. The van der Waals surface area contributed by atoms with E-state index in [1.54, 1.807) is 13.0 Å². The Kier molecular flexibility index (Phi) is 9.43. The maximum atomic E-state index is 14.9. The van der Waals surface area contributed by atoms with Crippen LogP contribution in [0.25, 0.3) is 0 Å². The van der Waals surface area contributed by atoms with E-state index in [1.165, 1.54) is 37.8 Å². The highest BCUT2D eigenvalue weighted by atomic mass is 19.3. The zero-order valence-corrected chi connectivity index (χ0v) is 20.4. The molecule has 0 heterocycles. The van der Waals surface area contributed by atoms with Crippen molar-refractivity contribution >= 4 is 0 Å². The average molecular weight is 461 g/mol. The van der Waals surface area contributed by atoms with Crippen LogP contribution < -0.4 is 0 Å². The number of ether oxygens (including phenoxy) is 1. The Bertz CT molecular complexity index is 854. The third kappa shape index (κ3) is 7.09. The fraction of sp³-hybridized carbons (Fsp3) is 0.586. The lowest BCUT2D eigenvalue weighted by Gasteiger charge is -2.29. The highest BCUT2D eigenvalue weighted by molar-refractivity contribution is 5.30. The van der Waals surface area contributed by atoms with Gasteiger partial charge in [0.15, 0.2) is 0 Å². The van der Waals surface area contributed by atoms with E-state index in [9.17, 15) is 13.2 Å². The number of rotatable bonds is 11. The van der Waals surface area contributed by atoms with Crippen LogP contribution in [-0.2, 0) is 17.3 Å². The van der Waals surface area contributed by atoms with Crippen molar-refractivity contribution in [3.8, 4) is 0 Å². The molecule has 1 atom stereocenters. The van der Waals surface area contributed by atoms with Gasteiger partial charge < -0.3 is 4.74 Å². The molecule has 2 aromatic rings. The van der Waals surface area contributed by atoms with Gasteiger partial charge in [0.25, 0.3) is 0 Å². The van der Waals surface area contributed by atoms with Gasteiger partial charge in [-0.15, -0.1) is 0 Å². The zero-order valence-electron chi connectivity index (χ0n) is 20.4. The zero-order chi connectivity index (χ0) is 23.8. The maximum Gasteiger partial charge on any atom is 0.386 e. The van der Waals surface area contributed by atoms with Gasteiger partial charge >= 0.3 is 6.11 Å². The summed E-state index contributed by atoms with van der Waals surface area (Å²) in [4.78, 5) is 0. The Balaban J connectivity index is 1.61. The second-order valence-electron chi connectivity index (χ2n) is 9.72. The maximum absolute atomic E-state index is 14.9. The molecule has 0 N–H and O–H groups in total. The van der Waals surface area contributed by atoms with E-state index in [0.717, 1.165) is 55.6 Å². The van der Waals surface area contributed by atoms with Crippen LogP contribution >= 0.6 is 0 Å². The van der Waals surface area contributed by atoms with Crippen LogP contribution in [0, 0.1) is 11.7 Å². The molecule has 4 heteroatoms. The molecular formula is C29H39F3O. The average Bonchev–Trinajstić information content (AvgIpc) is 2.80. The van der Waals surface area contributed by atoms with Crippen LogP contribution in [0.2, 0.25) is 0 Å². The predicted molar refractivity (Wildman–Crippen MR) is 129 cm³/mol. The van der Waals surface area contributed by atoms with Gasteiger partial charge in [0, 0.05) is 0 Å². The summed E-state index contributed by atoms with van der Waals surface area (Å²) in [6.45, 7) is 5.89. The van der Waals surface area contributed by atoms with Gasteiger partial charge in [0.2, 0.25) is 0 Å². The Morgan fingerprint density at radius 1 is 0.939 bits per heavy atom. The molecule has 3 rings (SSSR count). The van der Waals surface area contributed by atoms with E-state index in [4.69, 9.17) is 4.74 Å². The molecule has 182 valence electrons. The van der Waals surface area contributed by atoms with E-state index in [-0.39, 0.29) is 5.92 Å². The van der Waals surface area contributed by atoms with Crippen LogP contribution in [0.15, 0.2) is 42.5 Å². The topological polar surface area (TPSA) is 9.23 Å². The molecule has 1 nitrogen and oxygen atoms in total. The standard InChI is InChI=1S/C29H39F3O/c1-4-6-7-9-23-12-16-25(17-13-23)26-18-19-27(28(30)20-26)29(31,32)33-21(3)24-14-10-22(8-5-2)11-15-24/h10-11,14-15,18-21,23,25H,4-9,12-13,16-17H2,1-3H3. The van der Waals surface area contributed by atoms with Crippen LogP contribution in [0.3, 0.4) is 0 Å².